The SMILES string of the molecule is COc1ccc([C@@H]2CC(c3ccc4ccccc4c3OC(=O)c3ccccc3)=NN2C(=O)c2ccccc2)cc1OC. The molecule has 0 radical (unpaired) electrons. The summed E-state index contributed by atoms with van der Waals surface area (Å²) in [7, 11) is 3.16. The molecule has 1 amide bonds. The van der Waals surface area contributed by atoms with Gasteiger partial charge in [0.15, 0.2) is 11.5 Å². The van der Waals surface area contributed by atoms with Crippen molar-refractivity contribution >= 4 is 28.4 Å². The van der Waals surface area contributed by atoms with E-state index in [1.165, 1.54) is 5.01 Å². The van der Waals surface area contributed by atoms with E-state index in [-0.39, 0.29) is 5.91 Å². The highest BCUT2D eigenvalue weighted by Crippen LogP contribution is 2.41. The summed E-state index contributed by atoms with van der Waals surface area (Å²) < 4.78 is 17.1. The summed E-state index contributed by atoms with van der Waals surface area (Å²) in [5.74, 6) is 0.833. The fraction of sp³-hybridized carbons (Fsp3) is 0.114. The van der Waals surface area contributed by atoms with Crippen LogP contribution in [0.1, 0.15) is 44.3 Å². The Balaban J connectivity index is 1.46. The minimum absolute atomic E-state index is 0.242. The Labute approximate surface area is 243 Å². The number of amides is 1. The lowest BCUT2D eigenvalue weighted by Gasteiger charge is -2.23. The molecule has 0 saturated heterocycles. The minimum Gasteiger partial charge on any atom is -0.493 e. The van der Waals surface area contributed by atoms with Gasteiger partial charge in [-0.15, -0.1) is 0 Å². The quantitative estimate of drug-likeness (QED) is 0.158. The smallest absolute Gasteiger partial charge is 0.343 e. The summed E-state index contributed by atoms with van der Waals surface area (Å²) in [6.07, 6.45) is 0.391. The molecule has 7 heteroatoms. The van der Waals surface area contributed by atoms with Crippen molar-refractivity contribution in [3.8, 4) is 17.2 Å². The summed E-state index contributed by atoms with van der Waals surface area (Å²) in [5, 5.41) is 8.08. The monoisotopic (exact) mass is 556 g/mol. The molecular formula is C35H28N2O5. The molecule has 0 spiro atoms. The lowest BCUT2D eigenvalue weighted by atomic mass is 9.95. The highest BCUT2D eigenvalue weighted by atomic mass is 16.5. The number of fused-ring (bicyclic) bond motifs is 1. The van der Waals surface area contributed by atoms with E-state index in [4.69, 9.17) is 19.3 Å². The van der Waals surface area contributed by atoms with Crippen LogP contribution in [0, 0.1) is 0 Å². The Hall–Kier alpha value is -5.43. The number of ether oxygens (including phenoxy) is 3. The minimum atomic E-state index is -0.472. The maximum Gasteiger partial charge on any atom is 0.343 e. The second-order valence-corrected chi connectivity index (χ2v) is 9.82. The van der Waals surface area contributed by atoms with E-state index in [1.54, 1.807) is 50.6 Å². The number of hydrazone groups is 1. The molecule has 208 valence electrons. The molecule has 0 unspecified atom stereocenters. The molecule has 42 heavy (non-hydrogen) atoms. The van der Waals surface area contributed by atoms with Crippen molar-refractivity contribution in [3.63, 3.8) is 0 Å². The third-order valence-electron chi connectivity index (χ3n) is 7.33. The number of hydrogen-bond donors (Lipinski definition) is 0. The van der Waals surface area contributed by atoms with Crippen molar-refractivity contribution in [2.75, 3.05) is 14.2 Å². The van der Waals surface area contributed by atoms with Crippen LogP contribution < -0.4 is 14.2 Å². The van der Waals surface area contributed by atoms with Gasteiger partial charge in [0.1, 0.15) is 5.75 Å². The molecule has 0 bridgehead atoms. The summed E-state index contributed by atoms with van der Waals surface area (Å²) in [6, 6.07) is 34.7. The van der Waals surface area contributed by atoms with Gasteiger partial charge in [0, 0.05) is 22.9 Å². The molecule has 0 N–H and O–H groups in total. The van der Waals surface area contributed by atoms with Gasteiger partial charge >= 0.3 is 5.97 Å². The van der Waals surface area contributed by atoms with Crippen LogP contribution in [0.15, 0.2) is 120 Å². The Morgan fingerprint density at radius 3 is 2.12 bits per heavy atom. The summed E-state index contributed by atoms with van der Waals surface area (Å²) >= 11 is 0. The third kappa shape index (κ3) is 5.08. The van der Waals surface area contributed by atoms with Crippen LogP contribution in [0.2, 0.25) is 0 Å². The number of methoxy groups -OCH3 is 2. The Kier molecular flexibility index (Phi) is 7.39. The van der Waals surface area contributed by atoms with E-state index in [9.17, 15) is 9.59 Å². The van der Waals surface area contributed by atoms with Crippen molar-refractivity contribution in [2.24, 2.45) is 5.10 Å². The summed E-state index contributed by atoms with van der Waals surface area (Å²) in [5.41, 5.74) is 3.06. The molecule has 0 fully saturated rings. The summed E-state index contributed by atoms with van der Waals surface area (Å²) in [6.45, 7) is 0. The maximum absolute atomic E-state index is 13.8. The lowest BCUT2D eigenvalue weighted by molar-refractivity contribution is 0.0708. The first-order chi connectivity index (χ1) is 20.6. The van der Waals surface area contributed by atoms with Gasteiger partial charge in [-0.25, -0.2) is 9.80 Å². The maximum atomic E-state index is 13.8. The van der Waals surface area contributed by atoms with Crippen LogP contribution in [0.4, 0.5) is 0 Å². The average molecular weight is 557 g/mol. The third-order valence-corrected chi connectivity index (χ3v) is 7.33. The summed E-state index contributed by atoms with van der Waals surface area (Å²) in [4.78, 5) is 27.1. The molecule has 6 rings (SSSR count). The first-order valence-electron chi connectivity index (χ1n) is 13.5. The van der Waals surface area contributed by atoms with Gasteiger partial charge in [0.25, 0.3) is 5.91 Å². The van der Waals surface area contributed by atoms with Gasteiger partial charge in [-0.3, -0.25) is 4.79 Å². The number of rotatable bonds is 7. The number of nitrogens with zero attached hydrogens (tertiary/aromatic N) is 2. The molecule has 5 aromatic rings. The van der Waals surface area contributed by atoms with Crippen molar-refractivity contribution in [2.45, 2.75) is 12.5 Å². The zero-order chi connectivity index (χ0) is 29.1. The Bertz CT molecular complexity index is 1800. The first-order valence-corrected chi connectivity index (χ1v) is 13.5. The molecule has 0 aromatic heterocycles. The lowest BCUT2D eigenvalue weighted by Crippen LogP contribution is -2.27. The Morgan fingerprint density at radius 1 is 0.738 bits per heavy atom. The largest absolute Gasteiger partial charge is 0.493 e. The molecule has 1 heterocycles. The highest BCUT2D eigenvalue weighted by molar-refractivity contribution is 6.11. The van der Waals surface area contributed by atoms with E-state index in [1.807, 2.05) is 78.9 Å². The molecule has 7 nitrogen and oxygen atoms in total. The second kappa shape index (κ2) is 11.6. The zero-order valence-electron chi connectivity index (χ0n) is 23.2. The average Bonchev–Trinajstić information content (AvgIpc) is 3.50. The highest BCUT2D eigenvalue weighted by Gasteiger charge is 2.35. The van der Waals surface area contributed by atoms with Crippen LogP contribution in [0.3, 0.4) is 0 Å². The molecule has 1 aliphatic rings. The van der Waals surface area contributed by atoms with Gasteiger partial charge in [0.05, 0.1) is 31.5 Å². The van der Waals surface area contributed by atoms with E-state index in [2.05, 4.69) is 0 Å². The van der Waals surface area contributed by atoms with Crippen LogP contribution in [0.5, 0.6) is 17.2 Å². The van der Waals surface area contributed by atoms with Crippen LogP contribution >= 0.6 is 0 Å². The second-order valence-electron chi connectivity index (χ2n) is 9.82. The number of carbonyl (C=O) groups excluding carboxylic acids is 2. The fourth-order valence-corrected chi connectivity index (χ4v) is 5.20. The van der Waals surface area contributed by atoms with Crippen molar-refractivity contribution < 1.29 is 23.8 Å². The predicted octanol–water partition coefficient (Wildman–Crippen LogP) is 7.07. The van der Waals surface area contributed by atoms with Gasteiger partial charge in [-0.1, -0.05) is 72.8 Å². The fourth-order valence-electron chi connectivity index (χ4n) is 5.20. The number of benzene rings is 5. The van der Waals surface area contributed by atoms with Gasteiger partial charge in [0.2, 0.25) is 0 Å². The van der Waals surface area contributed by atoms with Crippen LogP contribution in [-0.4, -0.2) is 36.8 Å². The van der Waals surface area contributed by atoms with E-state index >= 15 is 0 Å². The molecule has 0 saturated carbocycles. The van der Waals surface area contributed by atoms with Crippen molar-refractivity contribution in [3.05, 3.63) is 138 Å². The predicted molar refractivity (Wildman–Crippen MR) is 161 cm³/mol. The van der Waals surface area contributed by atoms with E-state index in [0.29, 0.717) is 46.1 Å². The Morgan fingerprint density at radius 2 is 1.40 bits per heavy atom. The molecule has 1 atom stereocenters. The standard InChI is InChI=1S/C35H28N2O5/c1-40-31-20-18-26(21-32(31)41-2)30-22-29(36-37(30)34(38)24-12-5-3-6-13-24)28-19-17-23-11-9-10-16-27(23)33(28)42-35(39)25-14-7-4-8-15-25/h3-21,30H,22H2,1-2H3/t30-/m0/s1. The molecule has 1 aliphatic heterocycles. The van der Waals surface area contributed by atoms with Crippen molar-refractivity contribution in [1.82, 2.24) is 5.01 Å². The van der Waals surface area contributed by atoms with Gasteiger partial charge in [-0.05, 0) is 53.4 Å². The normalized spacial score (nSPS) is 14.4. The number of esters is 1. The van der Waals surface area contributed by atoms with Crippen LogP contribution in [0.25, 0.3) is 10.8 Å². The van der Waals surface area contributed by atoms with Gasteiger partial charge in [-0.2, -0.15) is 5.10 Å². The molecular weight excluding hydrogens is 528 g/mol. The molecule has 0 aliphatic carbocycles. The van der Waals surface area contributed by atoms with E-state index in [0.717, 1.165) is 16.3 Å². The van der Waals surface area contributed by atoms with Gasteiger partial charge < -0.3 is 14.2 Å². The number of carbonyl (C=O) groups is 2. The van der Waals surface area contributed by atoms with Crippen LogP contribution in [-0.2, 0) is 0 Å². The topological polar surface area (TPSA) is 77.4 Å². The first kappa shape index (κ1) is 26.8. The molecule has 5 aromatic carbocycles. The zero-order valence-corrected chi connectivity index (χ0v) is 23.2. The van der Waals surface area contributed by atoms with Crippen molar-refractivity contribution in [1.29, 1.82) is 0 Å². The van der Waals surface area contributed by atoms with E-state index < -0.39 is 12.0 Å². The number of hydrogen-bond acceptors (Lipinski definition) is 6.